The Labute approximate surface area is 158 Å². The van der Waals surface area contributed by atoms with Gasteiger partial charge < -0.3 is 15.0 Å². The Balaban J connectivity index is 1.69. The summed E-state index contributed by atoms with van der Waals surface area (Å²) in [5.74, 6) is 1.50. The number of hydrogen-bond acceptors (Lipinski definition) is 5. The topological polar surface area (TPSA) is 83.0 Å². The summed E-state index contributed by atoms with van der Waals surface area (Å²) in [6.07, 6.45) is 0. The minimum absolute atomic E-state index is 0.271. The molecule has 0 atom stereocenters. The van der Waals surface area contributed by atoms with Crippen LogP contribution in [0.15, 0.2) is 57.0 Å². The first kappa shape index (κ1) is 20.2. The molecule has 2 aromatic rings. The molecule has 1 heterocycles. The van der Waals surface area contributed by atoms with Crippen LogP contribution in [-0.2, 0) is 10.0 Å². The van der Waals surface area contributed by atoms with E-state index < -0.39 is 10.0 Å². The second-order valence-electron chi connectivity index (χ2n) is 5.39. The Kier molecular flexibility index (Phi) is 7.89. The van der Waals surface area contributed by atoms with Gasteiger partial charge in [0.25, 0.3) is 0 Å². The predicted octanol–water partition coefficient (Wildman–Crippen LogP) is 1.61. The molecule has 0 saturated carbocycles. The minimum Gasteiger partial charge on any atom is -0.492 e. The molecule has 0 aliphatic rings. The first-order valence-corrected chi connectivity index (χ1v) is 10.5. The SMILES string of the molecule is CN=C(NCCNS(=O)(=O)c1cccs1)N(C)CCOc1ccccc1. The number of thiophene rings is 1. The second kappa shape index (κ2) is 10.1. The Hall–Kier alpha value is -2.10. The van der Waals surface area contributed by atoms with E-state index in [0.29, 0.717) is 29.9 Å². The number of sulfonamides is 1. The number of hydrogen-bond donors (Lipinski definition) is 2. The summed E-state index contributed by atoms with van der Waals surface area (Å²) in [5.41, 5.74) is 0. The second-order valence-corrected chi connectivity index (χ2v) is 8.33. The molecular weight excluding hydrogens is 372 g/mol. The summed E-state index contributed by atoms with van der Waals surface area (Å²) >= 11 is 1.19. The fraction of sp³-hybridized carbons (Fsp3) is 0.353. The molecular formula is C17H24N4O3S2. The number of likely N-dealkylation sites (N-methyl/N-ethyl adjacent to an activating group) is 1. The van der Waals surface area contributed by atoms with Gasteiger partial charge in [0.05, 0.1) is 6.54 Å². The highest BCUT2D eigenvalue weighted by molar-refractivity contribution is 7.91. The van der Waals surface area contributed by atoms with E-state index in [1.807, 2.05) is 42.3 Å². The molecule has 2 rings (SSSR count). The van der Waals surface area contributed by atoms with Crippen LogP contribution >= 0.6 is 11.3 Å². The smallest absolute Gasteiger partial charge is 0.250 e. The molecule has 0 saturated heterocycles. The van der Waals surface area contributed by atoms with Crippen molar-refractivity contribution in [3.63, 3.8) is 0 Å². The highest BCUT2D eigenvalue weighted by atomic mass is 32.2. The van der Waals surface area contributed by atoms with E-state index in [1.165, 1.54) is 11.3 Å². The zero-order valence-electron chi connectivity index (χ0n) is 14.9. The molecule has 0 aliphatic carbocycles. The van der Waals surface area contributed by atoms with Gasteiger partial charge in [-0.25, -0.2) is 13.1 Å². The first-order chi connectivity index (χ1) is 12.5. The van der Waals surface area contributed by atoms with E-state index in [-0.39, 0.29) is 6.54 Å². The van der Waals surface area contributed by atoms with Crippen LogP contribution in [0.4, 0.5) is 0 Å². The van der Waals surface area contributed by atoms with E-state index >= 15 is 0 Å². The molecule has 9 heteroatoms. The highest BCUT2D eigenvalue weighted by Crippen LogP contribution is 2.14. The van der Waals surface area contributed by atoms with Crippen molar-refractivity contribution >= 4 is 27.3 Å². The number of aliphatic imine (C=N–C) groups is 1. The first-order valence-electron chi connectivity index (χ1n) is 8.16. The maximum atomic E-state index is 12.0. The van der Waals surface area contributed by atoms with Gasteiger partial charge in [-0.05, 0) is 23.6 Å². The van der Waals surface area contributed by atoms with Gasteiger partial charge in [-0.15, -0.1) is 11.3 Å². The van der Waals surface area contributed by atoms with Crippen LogP contribution < -0.4 is 14.8 Å². The molecule has 0 unspecified atom stereocenters. The van der Waals surface area contributed by atoms with Crippen LogP contribution in [0, 0.1) is 0 Å². The fourth-order valence-corrected chi connectivity index (χ4v) is 4.22. The number of rotatable bonds is 9. The van der Waals surface area contributed by atoms with Crippen molar-refractivity contribution in [2.45, 2.75) is 4.21 Å². The molecule has 0 aliphatic heterocycles. The zero-order chi connectivity index (χ0) is 18.8. The summed E-state index contributed by atoms with van der Waals surface area (Å²) in [5, 5.41) is 4.87. The summed E-state index contributed by atoms with van der Waals surface area (Å²) in [7, 11) is 0.158. The molecule has 0 fully saturated rings. The van der Waals surface area contributed by atoms with Gasteiger partial charge >= 0.3 is 0 Å². The Bertz CT molecular complexity index is 778. The normalized spacial score (nSPS) is 12.0. The molecule has 1 aromatic heterocycles. The van der Waals surface area contributed by atoms with Crippen LogP contribution in [0.2, 0.25) is 0 Å². The van der Waals surface area contributed by atoms with Gasteiger partial charge in [-0.2, -0.15) is 0 Å². The van der Waals surface area contributed by atoms with Gasteiger partial charge in [0.1, 0.15) is 16.6 Å². The van der Waals surface area contributed by atoms with Crippen LogP contribution in [0.1, 0.15) is 0 Å². The molecule has 0 bridgehead atoms. The molecule has 7 nitrogen and oxygen atoms in total. The minimum atomic E-state index is -3.43. The number of nitrogens with zero attached hydrogens (tertiary/aromatic N) is 2. The lowest BCUT2D eigenvalue weighted by Gasteiger charge is -2.22. The van der Waals surface area contributed by atoms with Crippen molar-refractivity contribution in [1.29, 1.82) is 0 Å². The number of nitrogens with one attached hydrogen (secondary N) is 2. The van der Waals surface area contributed by atoms with Gasteiger partial charge in [0, 0.05) is 27.2 Å². The molecule has 1 aromatic carbocycles. The van der Waals surface area contributed by atoms with E-state index in [1.54, 1.807) is 24.6 Å². The maximum Gasteiger partial charge on any atom is 0.250 e. The summed E-state index contributed by atoms with van der Waals surface area (Å²) in [6, 6.07) is 12.9. The number of benzene rings is 1. The standard InChI is InChI=1S/C17H24N4O3S2/c1-18-17(21(2)12-13-24-15-7-4-3-5-8-15)19-10-11-20-26(22,23)16-9-6-14-25-16/h3-9,14,20H,10-13H2,1-2H3,(H,18,19). The molecule has 0 radical (unpaired) electrons. The van der Waals surface area contributed by atoms with Gasteiger partial charge in [-0.3, -0.25) is 4.99 Å². The van der Waals surface area contributed by atoms with E-state index in [2.05, 4.69) is 15.0 Å². The average Bonchev–Trinajstić information content (AvgIpc) is 3.18. The van der Waals surface area contributed by atoms with Crippen molar-refractivity contribution in [2.24, 2.45) is 4.99 Å². The van der Waals surface area contributed by atoms with Gasteiger partial charge in [-0.1, -0.05) is 24.3 Å². The summed E-state index contributed by atoms with van der Waals surface area (Å²) in [6.45, 7) is 1.87. The maximum absolute atomic E-state index is 12.0. The van der Waals surface area contributed by atoms with E-state index in [9.17, 15) is 8.42 Å². The van der Waals surface area contributed by atoms with Crippen molar-refractivity contribution in [3.05, 3.63) is 47.8 Å². The lowest BCUT2D eigenvalue weighted by molar-refractivity contribution is 0.281. The number of ether oxygens (including phenoxy) is 1. The van der Waals surface area contributed by atoms with Crippen molar-refractivity contribution in [1.82, 2.24) is 14.9 Å². The third kappa shape index (κ3) is 6.32. The Morgan fingerprint density at radius 1 is 1.19 bits per heavy atom. The third-order valence-corrected chi connectivity index (χ3v) is 6.33. The Morgan fingerprint density at radius 2 is 1.96 bits per heavy atom. The lowest BCUT2D eigenvalue weighted by atomic mass is 10.3. The van der Waals surface area contributed by atoms with Gasteiger partial charge in [0.15, 0.2) is 5.96 Å². The van der Waals surface area contributed by atoms with Gasteiger partial charge in [0.2, 0.25) is 10.0 Å². The van der Waals surface area contributed by atoms with E-state index in [4.69, 9.17) is 4.74 Å². The van der Waals surface area contributed by atoms with Crippen LogP contribution in [0.25, 0.3) is 0 Å². The van der Waals surface area contributed by atoms with Crippen molar-refractivity contribution < 1.29 is 13.2 Å². The zero-order valence-corrected chi connectivity index (χ0v) is 16.5. The Morgan fingerprint density at radius 3 is 2.62 bits per heavy atom. The fourth-order valence-electron chi connectivity index (χ4n) is 2.15. The highest BCUT2D eigenvalue weighted by Gasteiger charge is 2.14. The van der Waals surface area contributed by atoms with Crippen LogP contribution in [0.5, 0.6) is 5.75 Å². The molecule has 0 amide bonds. The van der Waals surface area contributed by atoms with Crippen LogP contribution in [-0.4, -0.2) is 59.6 Å². The van der Waals surface area contributed by atoms with Crippen LogP contribution in [0.3, 0.4) is 0 Å². The van der Waals surface area contributed by atoms with Crippen molar-refractivity contribution in [2.75, 3.05) is 40.3 Å². The van der Waals surface area contributed by atoms with E-state index in [0.717, 1.165) is 5.75 Å². The summed E-state index contributed by atoms with van der Waals surface area (Å²) < 4.78 is 32.6. The summed E-state index contributed by atoms with van der Waals surface area (Å²) in [4.78, 5) is 6.13. The molecule has 2 N–H and O–H groups in total. The largest absolute Gasteiger partial charge is 0.492 e. The molecule has 142 valence electrons. The number of guanidine groups is 1. The third-order valence-electron chi connectivity index (χ3n) is 3.47. The molecule has 0 spiro atoms. The average molecular weight is 397 g/mol. The number of para-hydroxylation sites is 1. The molecule has 26 heavy (non-hydrogen) atoms. The van der Waals surface area contributed by atoms with Crippen molar-refractivity contribution in [3.8, 4) is 5.75 Å². The predicted molar refractivity (Wildman–Crippen MR) is 105 cm³/mol. The monoisotopic (exact) mass is 396 g/mol. The quantitative estimate of drug-likeness (QED) is 0.382. The lowest BCUT2D eigenvalue weighted by Crippen LogP contribution is -2.43.